The first kappa shape index (κ1) is 15.1. The summed E-state index contributed by atoms with van der Waals surface area (Å²) in [5.74, 6) is 0.854. The number of rotatable bonds is 6. The van der Waals surface area contributed by atoms with Gasteiger partial charge in [-0.2, -0.15) is 0 Å². The molecule has 0 unspecified atom stereocenters. The molecule has 2 aromatic rings. The van der Waals surface area contributed by atoms with Crippen molar-refractivity contribution in [2.24, 2.45) is 7.05 Å². The Labute approximate surface area is 125 Å². The summed E-state index contributed by atoms with van der Waals surface area (Å²) in [4.78, 5) is 16.3. The SMILES string of the molecule is Cc1ccc(NCCCNC(=O)c2ccn(C)c2C)nc1. The first-order chi connectivity index (χ1) is 10.1. The number of aromatic nitrogens is 2. The molecule has 2 N–H and O–H groups in total. The zero-order chi connectivity index (χ0) is 15.2. The van der Waals surface area contributed by atoms with Crippen molar-refractivity contribution < 1.29 is 4.79 Å². The molecule has 2 aromatic heterocycles. The van der Waals surface area contributed by atoms with Gasteiger partial charge in [0.25, 0.3) is 5.91 Å². The Bertz CT molecular complexity index is 601. The van der Waals surface area contributed by atoms with E-state index < -0.39 is 0 Å². The van der Waals surface area contributed by atoms with Crippen molar-refractivity contribution in [3.8, 4) is 0 Å². The van der Waals surface area contributed by atoms with Gasteiger partial charge in [0.05, 0.1) is 5.56 Å². The Hall–Kier alpha value is -2.30. The van der Waals surface area contributed by atoms with Crippen LogP contribution in [0.2, 0.25) is 0 Å². The third kappa shape index (κ3) is 4.08. The van der Waals surface area contributed by atoms with E-state index in [1.165, 1.54) is 0 Å². The number of carbonyl (C=O) groups is 1. The molecule has 1 amide bonds. The summed E-state index contributed by atoms with van der Waals surface area (Å²) in [6.45, 7) is 5.38. The molecule has 0 spiro atoms. The van der Waals surface area contributed by atoms with Gasteiger partial charge in [-0.1, -0.05) is 6.07 Å². The Morgan fingerprint density at radius 2 is 2.05 bits per heavy atom. The van der Waals surface area contributed by atoms with Crippen molar-refractivity contribution in [1.82, 2.24) is 14.9 Å². The molecule has 0 saturated carbocycles. The van der Waals surface area contributed by atoms with Gasteiger partial charge in [0, 0.05) is 38.2 Å². The lowest BCUT2D eigenvalue weighted by atomic mass is 10.2. The quantitative estimate of drug-likeness (QED) is 0.801. The van der Waals surface area contributed by atoms with Crippen LogP contribution in [0.5, 0.6) is 0 Å². The van der Waals surface area contributed by atoms with E-state index in [2.05, 4.69) is 15.6 Å². The predicted octanol–water partition coefficient (Wildman–Crippen LogP) is 2.27. The maximum absolute atomic E-state index is 12.0. The van der Waals surface area contributed by atoms with Crippen LogP contribution in [-0.2, 0) is 7.05 Å². The van der Waals surface area contributed by atoms with E-state index in [1.54, 1.807) is 0 Å². The third-order valence-electron chi connectivity index (χ3n) is 3.48. The van der Waals surface area contributed by atoms with Gasteiger partial charge in [-0.3, -0.25) is 4.79 Å². The van der Waals surface area contributed by atoms with E-state index in [1.807, 2.05) is 56.1 Å². The van der Waals surface area contributed by atoms with Crippen molar-refractivity contribution >= 4 is 11.7 Å². The van der Waals surface area contributed by atoms with E-state index in [9.17, 15) is 4.79 Å². The van der Waals surface area contributed by atoms with E-state index >= 15 is 0 Å². The highest BCUT2D eigenvalue weighted by atomic mass is 16.1. The Kier molecular flexibility index (Phi) is 4.98. The third-order valence-corrected chi connectivity index (χ3v) is 3.48. The number of aryl methyl sites for hydroxylation is 2. The van der Waals surface area contributed by atoms with Crippen LogP contribution in [0.15, 0.2) is 30.6 Å². The number of nitrogens with zero attached hydrogens (tertiary/aromatic N) is 2. The number of carbonyl (C=O) groups excluding carboxylic acids is 1. The molecule has 5 heteroatoms. The van der Waals surface area contributed by atoms with Crippen molar-refractivity contribution in [3.05, 3.63) is 47.4 Å². The average Bonchev–Trinajstić information content (AvgIpc) is 2.80. The van der Waals surface area contributed by atoms with Gasteiger partial charge in [0.2, 0.25) is 0 Å². The second kappa shape index (κ2) is 6.92. The molecular weight excluding hydrogens is 264 g/mol. The zero-order valence-corrected chi connectivity index (χ0v) is 12.8. The smallest absolute Gasteiger partial charge is 0.253 e. The summed E-state index contributed by atoms with van der Waals surface area (Å²) >= 11 is 0. The van der Waals surface area contributed by atoms with Crippen molar-refractivity contribution in [1.29, 1.82) is 0 Å². The van der Waals surface area contributed by atoms with Crippen LogP contribution in [0.4, 0.5) is 5.82 Å². The monoisotopic (exact) mass is 286 g/mol. The van der Waals surface area contributed by atoms with Gasteiger partial charge in [-0.05, 0) is 38.0 Å². The molecule has 0 aromatic carbocycles. The van der Waals surface area contributed by atoms with E-state index in [0.717, 1.165) is 35.6 Å². The number of nitrogens with one attached hydrogen (secondary N) is 2. The number of hydrogen-bond donors (Lipinski definition) is 2. The van der Waals surface area contributed by atoms with Crippen LogP contribution >= 0.6 is 0 Å². The fourth-order valence-electron chi connectivity index (χ4n) is 2.02. The Balaban J connectivity index is 1.69. The summed E-state index contributed by atoms with van der Waals surface area (Å²) in [5, 5.41) is 6.17. The topological polar surface area (TPSA) is 58.9 Å². The molecule has 5 nitrogen and oxygen atoms in total. The van der Waals surface area contributed by atoms with Crippen molar-refractivity contribution in [2.45, 2.75) is 20.3 Å². The van der Waals surface area contributed by atoms with Crippen LogP contribution in [0, 0.1) is 13.8 Å². The summed E-state index contributed by atoms with van der Waals surface area (Å²) < 4.78 is 1.94. The molecular formula is C16H22N4O. The zero-order valence-electron chi connectivity index (χ0n) is 12.8. The molecule has 0 aliphatic carbocycles. The highest BCUT2D eigenvalue weighted by Crippen LogP contribution is 2.08. The number of anilines is 1. The lowest BCUT2D eigenvalue weighted by Gasteiger charge is -2.07. The van der Waals surface area contributed by atoms with Crippen molar-refractivity contribution in [3.63, 3.8) is 0 Å². The fourth-order valence-corrected chi connectivity index (χ4v) is 2.02. The van der Waals surface area contributed by atoms with Gasteiger partial charge < -0.3 is 15.2 Å². The molecule has 112 valence electrons. The minimum atomic E-state index is -0.0124. The molecule has 0 radical (unpaired) electrons. The second-order valence-electron chi connectivity index (χ2n) is 5.18. The van der Waals surface area contributed by atoms with Gasteiger partial charge in [0.15, 0.2) is 0 Å². The molecule has 0 atom stereocenters. The van der Waals surface area contributed by atoms with Crippen LogP contribution in [0.1, 0.15) is 28.0 Å². The van der Waals surface area contributed by atoms with Gasteiger partial charge in [-0.15, -0.1) is 0 Å². The van der Waals surface area contributed by atoms with Gasteiger partial charge in [0.1, 0.15) is 5.82 Å². The lowest BCUT2D eigenvalue weighted by Crippen LogP contribution is -2.26. The maximum atomic E-state index is 12.0. The Morgan fingerprint density at radius 1 is 1.24 bits per heavy atom. The van der Waals surface area contributed by atoms with Gasteiger partial charge in [-0.25, -0.2) is 4.98 Å². The fraction of sp³-hybridized carbons (Fsp3) is 0.375. The summed E-state index contributed by atoms with van der Waals surface area (Å²) in [6.07, 6.45) is 4.59. The normalized spacial score (nSPS) is 10.4. The largest absolute Gasteiger partial charge is 0.370 e. The summed E-state index contributed by atoms with van der Waals surface area (Å²) in [6, 6.07) is 5.83. The molecule has 0 saturated heterocycles. The molecule has 0 bridgehead atoms. The predicted molar refractivity (Wildman–Crippen MR) is 84.6 cm³/mol. The number of amides is 1. The molecule has 0 aliphatic rings. The van der Waals surface area contributed by atoms with E-state index in [4.69, 9.17) is 0 Å². The highest BCUT2D eigenvalue weighted by Gasteiger charge is 2.10. The second-order valence-corrected chi connectivity index (χ2v) is 5.18. The molecule has 0 fully saturated rings. The minimum absolute atomic E-state index is 0.0124. The van der Waals surface area contributed by atoms with Crippen molar-refractivity contribution in [2.75, 3.05) is 18.4 Å². The average molecular weight is 286 g/mol. The van der Waals surface area contributed by atoms with Crippen LogP contribution in [-0.4, -0.2) is 28.5 Å². The number of pyridine rings is 1. The summed E-state index contributed by atoms with van der Waals surface area (Å²) in [7, 11) is 1.94. The highest BCUT2D eigenvalue weighted by molar-refractivity contribution is 5.95. The van der Waals surface area contributed by atoms with Crippen LogP contribution in [0.25, 0.3) is 0 Å². The van der Waals surface area contributed by atoms with E-state index in [-0.39, 0.29) is 5.91 Å². The molecule has 0 aliphatic heterocycles. The van der Waals surface area contributed by atoms with E-state index in [0.29, 0.717) is 6.54 Å². The first-order valence-corrected chi connectivity index (χ1v) is 7.14. The van der Waals surface area contributed by atoms with Crippen LogP contribution < -0.4 is 10.6 Å². The molecule has 2 heterocycles. The van der Waals surface area contributed by atoms with Gasteiger partial charge >= 0.3 is 0 Å². The number of hydrogen-bond acceptors (Lipinski definition) is 3. The minimum Gasteiger partial charge on any atom is -0.370 e. The lowest BCUT2D eigenvalue weighted by molar-refractivity contribution is 0.0953. The standard InChI is InChI=1S/C16H22N4O/c1-12-5-6-15(19-11-12)17-8-4-9-18-16(21)14-7-10-20(3)13(14)2/h5-7,10-11H,4,8-9H2,1-3H3,(H,17,19)(H,18,21). The Morgan fingerprint density at radius 3 is 2.67 bits per heavy atom. The molecule has 2 rings (SSSR count). The molecule has 21 heavy (non-hydrogen) atoms. The van der Waals surface area contributed by atoms with Crippen LogP contribution in [0.3, 0.4) is 0 Å². The summed E-state index contributed by atoms with van der Waals surface area (Å²) in [5.41, 5.74) is 2.87. The maximum Gasteiger partial charge on any atom is 0.253 e. The first-order valence-electron chi connectivity index (χ1n) is 7.14.